The van der Waals surface area contributed by atoms with Crippen molar-refractivity contribution in [1.29, 1.82) is 0 Å². The molecule has 3 amide bonds. The standard InChI is InChI=1S/C20H18FN5O4/c1-11(27)24-8-14-10-26(20(29)30-14)13-2-3-15(17(21)7-13)12-6-16(18(22)28)19-23-4-5-25(19)9-12/h2-7,9,14H,8,10H2,1H3,(H2,22,28)(H,24,27)/t14-/m1/s1. The van der Waals surface area contributed by atoms with Gasteiger partial charge in [0.1, 0.15) is 17.6 Å². The second-order valence-corrected chi connectivity index (χ2v) is 6.88. The van der Waals surface area contributed by atoms with Gasteiger partial charge < -0.3 is 20.2 Å². The number of nitrogens with two attached hydrogens (primary N) is 1. The van der Waals surface area contributed by atoms with Gasteiger partial charge in [-0.15, -0.1) is 0 Å². The molecule has 1 fully saturated rings. The minimum Gasteiger partial charge on any atom is -0.442 e. The zero-order valence-electron chi connectivity index (χ0n) is 16.0. The Morgan fingerprint density at radius 2 is 2.17 bits per heavy atom. The Labute approximate surface area is 170 Å². The lowest BCUT2D eigenvalue weighted by molar-refractivity contribution is -0.119. The number of cyclic esters (lactones) is 1. The van der Waals surface area contributed by atoms with E-state index in [0.717, 1.165) is 0 Å². The number of ether oxygens (including phenoxy) is 1. The summed E-state index contributed by atoms with van der Waals surface area (Å²) in [6, 6.07) is 5.81. The minimum atomic E-state index is -0.671. The van der Waals surface area contributed by atoms with E-state index >= 15 is 0 Å². The first-order chi connectivity index (χ1) is 14.3. The number of carbonyl (C=O) groups is 3. The lowest BCUT2D eigenvalue weighted by Gasteiger charge is -2.15. The molecule has 1 aromatic carbocycles. The Bertz CT molecular complexity index is 1180. The van der Waals surface area contributed by atoms with Crippen LogP contribution in [0.25, 0.3) is 16.8 Å². The molecule has 3 heterocycles. The van der Waals surface area contributed by atoms with Crippen LogP contribution in [0, 0.1) is 5.82 Å². The van der Waals surface area contributed by atoms with E-state index in [2.05, 4.69) is 10.3 Å². The molecule has 1 aliphatic heterocycles. The van der Waals surface area contributed by atoms with Crippen LogP contribution in [0.4, 0.5) is 14.9 Å². The van der Waals surface area contributed by atoms with Crippen molar-refractivity contribution in [2.45, 2.75) is 13.0 Å². The molecule has 10 heteroatoms. The molecule has 3 aromatic rings. The molecule has 9 nitrogen and oxygen atoms in total. The number of primary amides is 1. The van der Waals surface area contributed by atoms with Gasteiger partial charge in [0.15, 0.2) is 0 Å². The van der Waals surface area contributed by atoms with Crippen molar-refractivity contribution in [3.05, 3.63) is 54.2 Å². The first kappa shape index (κ1) is 19.4. The Kier molecular flexibility index (Phi) is 4.82. The zero-order chi connectivity index (χ0) is 21.4. The van der Waals surface area contributed by atoms with Crippen LogP contribution < -0.4 is 16.0 Å². The van der Waals surface area contributed by atoms with E-state index in [1.165, 1.54) is 36.2 Å². The minimum absolute atomic E-state index is 0.171. The molecule has 2 aromatic heterocycles. The molecular formula is C20H18FN5O4. The Morgan fingerprint density at radius 1 is 1.37 bits per heavy atom. The van der Waals surface area contributed by atoms with Crippen molar-refractivity contribution >= 4 is 29.2 Å². The summed E-state index contributed by atoms with van der Waals surface area (Å²) in [7, 11) is 0. The van der Waals surface area contributed by atoms with E-state index in [9.17, 15) is 18.8 Å². The number of hydrogen-bond acceptors (Lipinski definition) is 5. The summed E-state index contributed by atoms with van der Waals surface area (Å²) in [6.07, 6.45) is 3.65. The van der Waals surface area contributed by atoms with E-state index in [0.29, 0.717) is 16.9 Å². The van der Waals surface area contributed by atoms with Gasteiger partial charge in [0.25, 0.3) is 5.91 Å². The molecule has 1 saturated heterocycles. The average molecular weight is 411 g/mol. The van der Waals surface area contributed by atoms with Crippen molar-refractivity contribution in [1.82, 2.24) is 14.7 Å². The maximum Gasteiger partial charge on any atom is 0.414 e. The van der Waals surface area contributed by atoms with E-state index in [-0.39, 0.29) is 30.1 Å². The summed E-state index contributed by atoms with van der Waals surface area (Å²) in [5.41, 5.74) is 6.98. The summed E-state index contributed by atoms with van der Waals surface area (Å²) >= 11 is 0. The topological polar surface area (TPSA) is 119 Å². The first-order valence-electron chi connectivity index (χ1n) is 9.12. The largest absolute Gasteiger partial charge is 0.442 e. The van der Waals surface area contributed by atoms with Gasteiger partial charge in [-0.1, -0.05) is 0 Å². The molecule has 3 N–H and O–H groups in total. The maximum absolute atomic E-state index is 14.9. The fourth-order valence-electron chi connectivity index (χ4n) is 3.36. The van der Waals surface area contributed by atoms with Crippen molar-refractivity contribution in [2.75, 3.05) is 18.0 Å². The van der Waals surface area contributed by atoms with Crippen LogP contribution in [0.15, 0.2) is 42.9 Å². The highest BCUT2D eigenvalue weighted by molar-refractivity contribution is 6.00. The van der Waals surface area contributed by atoms with Crippen molar-refractivity contribution in [3.63, 3.8) is 0 Å². The van der Waals surface area contributed by atoms with Gasteiger partial charge in [0, 0.05) is 36.6 Å². The number of rotatable bonds is 5. The second kappa shape index (κ2) is 7.47. The van der Waals surface area contributed by atoms with E-state index in [1.807, 2.05) is 0 Å². The summed E-state index contributed by atoms with van der Waals surface area (Å²) in [5.74, 6) is -1.49. The Balaban J connectivity index is 1.63. The summed E-state index contributed by atoms with van der Waals surface area (Å²) < 4.78 is 21.7. The van der Waals surface area contributed by atoms with Gasteiger partial charge in [-0.05, 0) is 24.3 Å². The van der Waals surface area contributed by atoms with Crippen LogP contribution >= 0.6 is 0 Å². The predicted molar refractivity (Wildman–Crippen MR) is 105 cm³/mol. The van der Waals surface area contributed by atoms with Gasteiger partial charge in [-0.25, -0.2) is 14.2 Å². The third-order valence-corrected chi connectivity index (χ3v) is 4.78. The fraction of sp³-hybridized carbons (Fsp3) is 0.200. The number of anilines is 1. The predicted octanol–water partition coefficient (Wildman–Crippen LogP) is 1.70. The zero-order valence-corrected chi connectivity index (χ0v) is 16.0. The Morgan fingerprint density at radius 3 is 2.87 bits per heavy atom. The summed E-state index contributed by atoms with van der Waals surface area (Å²) in [5, 5.41) is 2.59. The van der Waals surface area contributed by atoms with Gasteiger partial charge >= 0.3 is 6.09 Å². The van der Waals surface area contributed by atoms with Crippen LogP contribution in [-0.2, 0) is 9.53 Å². The molecule has 1 aliphatic rings. The number of imidazole rings is 1. The maximum atomic E-state index is 14.9. The monoisotopic (exact) mass is 411 g/mol. The number of carbonyl (C=O) groups excluding carboxylic acids is 3. The number of nitrogens with zero attached hydrogens (tertiary/aromatic N) is 3. The molecular weight excluding hydrogens is 393 g/mol. The number of nitrogens with one attached hydrogen (secondary N) is 1. The quantitative estimate of drug-likeness (QED) is 0.662. The van der Waals surface area contributed by atoms with E-state index in [1.54, 1.807) is 22.9 Å². The van der Waals surface area contributed by atoms with Crippen LogP contribution in [0.5, 0.6) is 0 Å². The highest BCUT2D eigenvalue weighted by atomic mass is 19.1. The smallest absolute Gasteiger partial charge is 0.414 e. The average Bonchev–Trinajstić information content (AvgIpc) is 3.31. The van der Waals surface area contributed by atoms with E-state index in [4.69, 9.17) is 10.5 Å². The Hall–Kier alpha value is -3.95. The number of hydrogen-bond donors (Lipinski definition) is 2. The lowest BCUT2D eigenvalue weighted by atomic mass is 10.0. The third-order valence-electron chi connectivity index (χ3n) is 4.78. The molecule has 1 atom stereocenters. The lowest BCUT2D eigenvalue weighted by Crippen LogP contribution is -2.33. The molecule has 30 heavy (non-hydrogen) atoms. The highest BCUT2D eigenvalue weighted by Crippen LogP contribution is 2.30. The van der Waals surface area contributed by atoms with Crippen LogP contribution in [0.2, 0.25) is 0 Å². The van der Waals surface area contributed by atoms with Crippen molar-refractivity contribution < 1.29 is 23.5 Å². The number of halogens is 1. The molecule has 4 rings (SSSR count). The van der Waals surface area contributed by atoms with Gasteiger partial charge in [-0.2, -0.15) is 0 Å². The number of fused-ring (bicyclic) bond motifs is 1. The molecule has 154 valence electrons. The van der Waals surface area contributed by atoms with Gasteiger partial charge in [0.2, 0.25) is 5.91 Å². The van der Waals surface area contributed by atoms with Crippen LogP contribution in [0.1, 0.15) is 17.3 Å². The highest BCUT2D eigenvalue weighted by Gasteiger charge is 2.32. The SMILES string of the molecule is CC(=O)NC[C@@H]1CN(c2ccc(-c3cc(C(N)=O)c4nccn4c3)c(F)c2)C(=O)O1. The second-order valence-electron chi connectivity index (χ2n) is 6.88. The van der Waals surface area contributed by atoms with Crippen LogP contribution in [-0.4, -0.2) is 46.5 Å². The van der Waals surface area contributed by atoms with Gasteiger partial charge in [0.05, 0.1) is 24.3 Å². The molecule has 0 radical (unpaired) electrons. The third kappa shape index (κ3) is 3.54. The summed E-state index contributed by atoms with van der Waals surface area (Å²) in [6.45, 7) is 1.73. The first-order valence-corrected chi connectivity index (χ1v) is 9.12. The van der Waals surface area contributed by atoms with E-state index < -0.39 is 23.9 Å². The molecule has 0 aliphatic carbocycles. The normalized spacial score (nSPS) is 16.0. The van der Waals surface area contributed by atoms with Gasteiger partial charge in [-0.3, -0.25) is 14.5 Å². The van der Waals surface area contributed by atoms with Crippen LogP contribution in [0.3, 0.4) is 0 Å². The molecule has 0 bridgehead atoms. The summed E-state index contributed by atoms with van der Waals surface area (Å²) in [4.78, 5) is 40.3. The number of pyridine rings is 1. The number of aromatic nitrogens is 2. The molecule has 0 saturated carbocycles. The van der Waals surface area contributed by atoms with Crippen molar-refractivity contribution in [3.8, 4) is 11.1 Å². The number of benzene rings is 1. The van der Waals surface area contributed by atoms with Crippen molar-refractivity contribution in [2.24, 2.45) is 5.73 Å². The number of amides is 3. The molecule has 0 spiro atoms. The fourth-order valence-corrected chi connectivity index (χ4v) is 3.36. The molecule has 0 unspecified atom stereocenters.